The van der Waals surface area contributed by atoms with Gasteiger partial charge in [-0.25, -0.2) is 0 Å². The number of nitrogens with one attached hydrogen (secondary N) is 1. The molecule has 0 aliphatic carbocycles. The molecule has 0 aromatic heterocycles. The third-order valence-electron chi connectivity index (χ3n) is 5.74. The number of likely N-dealkylation sites (tertiary alicyclic amines) is 1. The third kappa shape index (κ3) is 9.09. The molecule has 1 aliphatic rings. The van der Waals surface area contributed by atoms with Crippen LogP contribution in [0.25, 0.3) is 0 Å². The molecule has 2 amide bonds. The van der Waals surface area contributed by atoms with Crippen molar-refractivity contribution in [2.45, 2.75) is 91.5 Å². The van der Waals surface area contributed by atoms with E-state index < -0.39 is 0 Å². The summed E-state index contributed by atoms with van der Waals surface area (Å²) in [6.45, 7) is 13.6. The SMILES string of the molecule is CCCCN(CCCC)CCCNC(=O)C(CC)CC(C)N1CCCC1=O. The molecule has 1 N–H and O–H groups in total. The van der Waals surface area contributed by atoms with Gasteiger partial charge in [-0.05, 0) is 65.1 Å². The average Bonchev–Trinajstić information content (AvgIpc) is 3.10. The van der Waals surface area contributed by atoms with E-state index in [0.717, 1.165) is 45.3 Å². The smallest absolute Gasteiger partial charge is 0.223 e. The van der Waals surface area contributed by atoms with Crippen LogP contribution in [-0.2, 0) is 9.59 Å². The molecule has 2 unspecified atom stereocenters. The molecule has 0 radical (unpaired) electrons. The standard InChI is InChI=1S/C22H43N3O2/c1-5-8-14-24(15-9-6-2)16-11-13-23-22(27)20(7-3)18-19(4)25-17-10-12-21(25)26/h19-20H,5-18H2,1-4H3,(H,23,27). The minimum absolute atomic E-state index is 0.00434. The topological polar surface area (TPSA) is 52.7 Å². The Bertz CT molecular complexity index is 420. The number of hydrogen-bond donors (Lipinski definition) is 1. The Hall–Kier alpha value is -1.10. The molecule has 0 aromatic carbocycles. The maximum Gasteiger partial charge on any atom is 0.223 e. The van der Waals surface area contributed by atoms with Crippen LogP contribution in [0.4, 0.5) is 0 Å². The highest BCUT2D eigenvalue weighted by atomic mass is 16.2. The first-order valence-corrected chi connectivity index (χ1v) is 11.3. The van der Waals surface area contributed by atoms with Crippen molar-refractivity contribution in [1.82, 2.24) is 15.1 Å². The molecule has 1 saturated heterocycles. The summed E-state index contributed by atoms with van der Waals surface area (Å²) in [7, 11) is 0. The first-order valence-electron chi connectivity index (χ1n) is 11.3. The fourth-order valence-corrected chi connectivity index (χ4v) is 3.89. The molecule has 5 heteroatoms. The quantitative estimate of drug-likeness (QED) is 0.439. The molecule has 158 valence electrons. The van der Waals surface area contributed by atoms with Crippen LogP contribution in [0.1, 0.15) is 85.5 Å². The number of rotatable bonds is 15. The first kappa shape index (κ1) is 23.9. The minimum atomic E-state index is 0.00434. The maximum atomic E-state index is 12.6. The highest BCUT2D eigenvalue weighted by Crippen LogP contribution is 2.20. The number of unbranched alkanes of at least 4 members (excludes halogenated alkanes) is 2. The van der Waals surface area contributed by atoms with Gasteiger partial charge >= 0.3 is 0 Å². The number of amides is 2. The molecule has 0 aromatic rings. The van der Waals surface area contributed by atoms with Crippen LogP contribution in [0.15, 0.2) is 0 Å². The maximum absolute atomic E-state index is 12.6. The van der Waals surface area contributed by atoms with Crippen molar-refractivity contribution >= 4 is 11.8 Å². The summed E-state index contributed by atoms with van der Waals surface area (Å²) in [5, 5.41) is 3.14. The van der Waals surface area contributed by atoms with Gasteiger partial charge in [0.05, 0.1) is 0 Å². The van der Waals surface area contributed by atoms with Crippen molar-refractivity contribution in [3.05, 3.63) is 0 Å². The Kier molecular flexibility index (Phi) is 12.4. The van der Waals surface area contributed by atoms with E-state index in [1.807, 2.05) is 4.90 Å². The van der Waals surface area contributed by atoms with Crippen molar-refractivity contribution in [3.63, 3.8) is 0 Å². The lowest BCUT2D eigenvalue weighted by molar-refractivity contribution is -0.131. The second kappa shape index (κ2) is 14.0. The normalized spacial score (nSPS) is 16.8. The second-order valence-corrected chi connectivity index (χ2v) is 8.07. The molecule has 5 nitrogen and oxygen atoms in total. The Balaban J connectivity index is 2.32. The zero-order chi connectivity index (χ0) is 20.1. The van der Waals surface area contributed by atoms with Gasteiger partial charge in [-0.3, -0.25) is 9.59 Å². The predicted molar refractivity (Wildman–Crippen MR) is 113 cm³/mol. The average molecular weight is 382 g/mol. The third-order valence-corrected chi connectivity index (χ3v) is 5.74. The first-order chi connectivity index (χ1) is 13.0. The second-order valence-electron chi connectivity index (χ2n) is 8.07. The fourth-order valence-electron chi connectivity index (χ4n) is 3.89. The summed E-state index contributed by atoms with van der Waals surface area (Å²) in [5.41, 5.74) is 0. The van der Waals surface area contributed by atoms with Crippen molar-refractivity contribution in [1.29, 1.82) is 0 Å². The van der Waals surface area contributed by atoms with Gasteiger partial charge in [-0.1, -0.05) is 33.6 Å². The molecule has 0 saturated carbocycles. The fraction of sp³-hybridized carbons (Fsp3) is 0.909. The van der Waals surface area contributed by atoms with E-state index in [-0.39, 0.29) is 23.8 Å². The van der Waals surface area contributed by atoms with Gasteiger partial charge in [0.25, 0.3) is 0 Å². The van der Waals surface area contributed by atoms with Crippen LogP contribution >= 0.6 is 0 Å². The van der Waals surface area contributed by atoms with E-state index in [4.69, 9.17) is 0 Å². The van der Waals surface area contributed by atoms with E-state index in [1.54, 1.807) is 0 Å². The van der Waals surface area contributed by atoms with Gasteiger partial charge < -0.3 is 15.1 Å². The number of carbonyl (C=O) groups excluding carboxylic acids is 2. The molecule has 0 spiro atoms. The van der Waals surface area contributed by atoms with Crippen LogP contribution in [0.5, 0.6) is 0 Å². The zero-order valence-corrected chi connectivity index (χ0v) is 18.3. The Labute approximate surface area is 167 Å². The predicted octanol–water partition coefficient (Wildman–Crippen LogP) is 3.82. The molecule has 2 atom stereocenters. The molecule has 0 bridgehead atoms. The number of nitrogens with zero attached hydrogens (tertiary/aromatic N) is 2. The summed E-state index contributed by atoms with van der Waals surface area (Å²) in [6.07, 6.45) is 9.20. The summed E-state index contributed by atoms with van der Waals surface area (Å²) in [5.74, 6) is 0.409. The molecular formula is C22H43N3O2. The largest absolute Gasteiger partial charge is 0.356 e. The van der Waals surface area contributed by atoms with E-state index in [9.17, 15) is 9.59 Å². The Morgan fingerprint density at radius 3 is 2.26 bits per heavy atom. The van der Waals surface area contributed by atoms with Crippen molar-refractivity contribution in [2.24, 2.45) is 5.92 Å². The zero-order valence-electron chi connectivity index (χ0n) is 18.3. The van der Waals surface area contributed by atoms with Crippen LogP contribution < -0.4 is 5.32 Å². The van der Waals surface area contributed by atoms with Gasteiger partial charge in [0.15, 0.2) is 0 Å². The van der Waals surface area contributed by atoms with Gasteiger partial charge in [-0.15, -0.1) is 0 Å². The van der Waals surface area contributed by atoms with E-state index in [0.29, 0.717) is 6.42 Å². The van der Waals surface area contributed by atoms with Crippen molar-refractivity contribution in [2.75, 3.05) is 32.7 Å². The monoisotopic (exact) mass is 381 g/mol. The van der Waals surface area contributed by atoms with Crippen molar-refractivity contribution in [3.8, 4) is 0 Å². The number of carbonyl (C=O) groups is 2. The lowest BCUT2D eigenvalue weighted by Crippen LogP contribution is -2.39. The summed E-state index contributed by atoms with van der Waals surface area (Å²) < 4.78 is 0. The highest BCUT2D eigenvalue weighted by molar-refractivity contribution is 5.80. The van der Waals surface area contributed by atoms with Gasteiger partial charge in [0, 0.05) is 31.5 Å². The van der Waals surface area contributed by atoms with Crippen LogP contribution in [-0.4, -0.2) is 60.4 Å². The van der Waals surface area contributed by atoms with Gasteiger partial charge in [0.1, 0.15) is 0 Å². The lowest BCUT2D eigenvalue weighted by atomic mass is 9.96. The van der Waals surface area contributed by atoms with Crippen LogP contribution in [0.3, 0.4) is 0 Å². The number of hydrogen-bond acceptors (Lipinski definition) is 3. The van der Waals surface area contributed by atoms with Gasteiger partial charge in [-0.2, -0.15) is 0 Å². The van der Waals surface area contributed by atoms with Gasteiger partial charge in [0.2, 0.25) is 11.8 Å². The molecule has 27 heavy (non-hydrogen) atoms. The van der Waals surface area contributed by atoms with E-state index in [1.165, 1.54) is 38.8 Å². The van der Waals surface area contributed by atoms with Crippen molar-refractivity contribution < 1.29 is 9.59 Å². The molecule has 1 heterocycles. The molecule has 1 rings (SSSR count). The molecule has 1 fully saturated rings. The minimum Gasteiger partial charge on any atom is -0.356 e. The lowest BCUT2D eigenvalue weighted by Gasteiger charge is -2.27. The Morgan fingerprint density at radius 1 is 1.11 bits per heavy atom. The summed E-state index contributed by atoms with van der Waals surface area (Å²) >= 11 is 0. The molecule has 1 aliphatic heterocycles. The molecular weight excluding hydrogens is 338 g/mol. The van der Waals surface area contributed by atoms with E-state index in [2.05, 4.69) is 37.9 Å². The highest BCUT2D eigenvalue weighted by Gasteiger charge is 2.28. The van der Waals surface area contributed by atoms with Crippen LogP contribution in [0, 0.1) is 5.92 Å². The summed E-state index contributed by atoms with van der Waals surface area (Å²) in [4.78, 5) is 29.0. The Morgan fingerprint density at radius 2 is 1.74 bits per heavy atom. The van der Waals surface area contributed by atoms with E-state index >= 15 is 0 Å². The summed E-state index contributed by atoms with van der Waals surface area (Å²) in [6, 6.07) is 0.161. The van der Waals surface area contributed by atoms with Crippen LogP contribution in [0.2, 0.25) is 0 Å².